The van der Waals surface area contributed by atoms with Crippen molar-refractivity contribution in [2.24, 2.45) is 5.92 Å². The number of ether oxygens (including phenoxy) is 2. The summed E-state index contributed by atoms with van der Waals surface area (Å²) >= 11 is 0. The van der Waals surface area contributed by atoms with Crippen molar-refractivity contribution in [2.75, 3.05) is 37.9 Å². The van der Waals surface area contributed by atoms with Gasteiger partial charge in [0.25, 0.3) is 11.8 Å². The lowest BCUT2D eigenvalue weighted by Gasteiger charge is -2.36. The fraction of sp³-hybridized carbons (Fsp3) is 0.483. The van der Waals surface area contributed by atoms with Crippen LogP contribution in [0.25, 0.3) is 0 Å². The second-order valence-electron chi connectivity index (χ2n) is 10.4. The third-order valence-corrected chi connectivity index (χ3v) is 8.11. The third kappa shape index (κ3) is 4.54. The van der Waals surface area contributed by atoms with Crippen molar-refractivity contribution in [1.29, 1.82) is 0 Å². The normalized spacial score (nSPS) is 20.2. The first-order valence-corrected chi connectivity index (χ1v) is 13.5. The first kappa shape index (κ1) is 23.8. The van der Waals surface area contributed by atoms with Gasteiger partial charge in [-0.25, -0.2) is 0 Å². The van der Waals surface area contributed by atoms with Crippen molar-refractivity contribution in [3.8, 4) is 11.5 Å². The quantitative estimate of drug-likeness (QED) is 0.582. The largest absolute Gasteiger partial charge is 0.454 e. The van der Waals surface area contributed by atoms with E-state index in [1.165, 1.54) is 24.2 Å². The number of nitrogens with zero attached hydrogens (tertiary/aromatic N) is 3. The fourth-order valence-corrected chi connectivity index (χ4v) is 6.04. The summed E-state index contributed by atoms with van der Waals surface area (Å²) in [6, 6.07) is 11.0. The molecule has 2 aromatic rings. The van der Waals surface area contributed by atoms with E-state index in [-0.39, 0.29) is 31.1 Å². The zero-order valence-corrected chi connectivity index (χ0v) is 21.1. The zero-order valence-electron chi connectivity index (χ0n) is 21.1. The van der Waals surface area contributed by atoms with E-state index in [2.05, 4.69) is 9.80 Å². The monoisotopic (exact) mass is 503 g/mol. The first-order chi connectivity index (χ1) is 18.1. The molecule has 4 heterocycles. The Labute approximate surface area is 217 Å². The highest BCUT2D eigenvalue weighted by Crippen LogP contribution is 2.37. The van der Waals surface area contributed by atoms with Crippen molar-refractivity contribution >= 4 is 23.4 Å². The number of hydrogen-bond acceptors (Lipinski definition) is 6. The lowest BCUT2D eigenvalue weighted by Crippen LogP contribution is -2.44. The lowest BCUT2D eigenvalue weighted by molar-refractivity contribution is -0.136. The molecule has 0 spiro atoms. The lowest BCUT2D eigenvalue weighted by atomic mass is 9.93. The van der Waals surface area contributed by atoms with Crippen LogP contribution in [-0.2, 0) is 11.3 Å². The predicted molar refractivity (Wildman–Crippen MR) is 138 cm³/mol. The van der Waals surface area contributed by atoms with Crippen LogP contribution < -0.4 is 14.4 Å². The highest BCUT2D eigenvalue weighted by molar-refractivity contribution is 6.23. The average Bonchev–Trinajstić information content (AvgIpc) is 3.47. The van der Waals surface area contributed by atoms with Crippen LogP contribution >= 0.6 is 0 Å². The van der Waals surface area contributed by atoms with Gasteiger partial charge in [0, 0.05) is 32.1 Å². The van der Waals surface area contributed by atoms with Crippen LogP contribution in [0.1, 0.15) is 71.2 Å². The maximum Gasteiger partial charge on any atom is 0.263 e. The van der Waals surface area contributed by atoms with Crippen molar-refractivity contribution in [1.82, 2.24) is 9.80 Å². The number of carbonyl (C=O) groups excluding carboxylic acids is 3. The summed E-state index contributed by atoms with van der Waals surface area (Å²) in [7, 11) is 0. The summed E-state index contributed by atoms with van der Waals surface area (Å²) in [5, 5.41) is 0. The van der Waals surface area contributed by atoms with Gasteiger partial charge >= 0.3 is 0 Å². The number of benzene rings is 2. The Morgan fingerprint density at radius 2 is 1.57 bits per heavy atom. The molecular formula is C29H33N3O5. The predicted octanol–water partition coefficient (Wildman–Crippen LogP) is 4.22. The molecule has 2 aromatic carbocycles. The molecule has 0 atom stereocenters. The molecule has 2 fully saturated rings. The number of hydrogen-bond donors (Lipinski definition) is 0. The molecule has 0 aromatic heterocycles. The van der Waals surface area contributed by atoms with Crippen LogP contribution in [0.5, 0.6) is 11.5 Å². The van der Waals surface area contributed by atoms with E-state index in [9.17, 15) is 14.4 Å². The number of rotatable bonds is 4. The minimum atomic E-state index is -0.276. The van der Waals surface area contributed by atoms with Gasteiger partial charge in [0.05, 0.1) is 23.4 Å². The number of imide groups is 1. The molecular weight excluding hydrogens is 470 g/mol. The maximum atomic E-state index is 13.5. The summed E-state index contributed by atoms with van der Waals surface area (Å²) < 4.78 is 10.8. The summed E-state index contributed by atoms with van der Waals surface area (Å²) in [6.45, 7) is 3.50. The van der Waals surface area contributed by atoms with E-state index < -0.39 is 0 Å². The zero-order chi connectivity index (χ0) is 25.4. The van der Waals surface area contributed by atoms with Crippen LogP contribution in [0.3, 0.4) is 0 Å². The van der Waals surface area contributed by atoms with Gasteiger partial charge in [-0.3, -0.25) is 19.3 Å². The molecule has 4 aliphatic rings. The Kier molecular flexibility index (Phi) is 6.49. The van der Waals surface area contributed by atoms with Crippen molar-refractivity contribution in [3.63, 3.8) is 0 Å². The first-order valence-electron chi connectivity index (χ1n) is 13.5. The molecule has 4 aliphatic heterocycles. The summed E-state index contributed by atoms with van der Waals surface area (Å²) in [5.74, 6) is 1.08. The molecule has 37 heavy (non-hydrogen) atoms. The van der Waals surface area contributed by atoms with E-state index >= 15 is 0 Å². The second-order valence-corrected chi connectivity index (χ2v) is 10.4. The standard InChI is InChI=1S/C29H33N3O5/c33-27(31-13-4-2-1-3-5-14-31)21-11-15-30(16-12-21)23-8-6-7-22-26(23)29(35)32(28(22)34)18-20-9-10-24-25(17-20)37-19-36-24/h6-10,17,21H,1-5,11-16,18-19H2. The Bertz CT molecular complexity index is 1210. The van der Waals surface area contributed by atoms with E-state index in [4.69, 9.17) is 9.47 Å². The molecule has 8 heteroatoms. The van der Waals surface area contributed by atoms with Gasteiger partial charge in [-0.05, 0) is 55.5 Å². The molecule has 6 rings (SSSR count). The Hall–Kier alpha value is -3.55. The van der Waals surface area contributed by atoms with Gasteiger partial charge in [0.1, 0.15) is 0 Å². The van der Waals surface area contributed by atoms with Gasteiger partial charge in [0.2, 0.25) is 12.7 Å². The van der Waals surface area contributed by atoms with Gasteiger partial charge in [-0.2, -0.15) is 0 Å². The van der Waals surface area contributed by atoms with Gasteiger partial charge in [-0.15, -0.1) is 0 Å². The summed E-state index contributed by atoms with van der Waals surface area (Å²) in [5.41, 5.74) is 2.52. The van der Waals surface area contributed by atoms with Crippen LogP contribution in [0.4, 0.5) is 5.69 Å². The Morgan fingerprint density at radius 3 is 2.35 bits per heavy atom. The van der Waals surface area contributed by atoms with Crippen LogP contribution in [-0.4, -0.2) is 60.5 Å². The maximum absolute atomic E-state index is 13.5. The van der Waals surface area contributed by atoms with Crippen LogP contribution in [0.15, 0.2) is 36.4 Å². The summed E-state index contributed by atoms with van der Waals surface area (Å²) in [4.78, 5) is 45.5. The fourth-order valence-electron chi connectivity index (χ4n) is 6.04. The highest BCUT2D eigenvalue weighted by atomic mass is 16.7. The van der Waals surface area contributed by atoms with Crippen molar-refractivity contribution in [2.45, 2.75) is 51.5 Å². The number of carbonyl (C=O) groups is 3. The Morgan fingerprint density at radius 1 is 0.838 bits per heavy atom. The molecule has 0 radical (unpaired) electrons. The van der Waals surface area contributed by atoms with E-state index in [1.807, 2.05) is 24.3 Å². The molecule has 2 saturated heterocycles. The van der Waals surface area contributed by atoms with E-state index in [1.54, 1.807) is 12.1 Å². The summed E-state index contributed by atoms with van der Waals surface area (Å²) in [6.07, 6.45) is 7.42. The number of anilines is 1. The molecule has 0 saturated carbocycles. The van der Waals surface area contributed by atoms with Crippen molar-refractivity contribution in [3.05, 3.63) is 53.1 Å². The average molecular weight is 504 g/mol. The molecule has 8 nitrogen and oxygen atoms in total. The molecule has 0 N–H and O–H groups in total. The molecule has 0 unspecified atom stereocenters. The number of piperidine rings is 1. The van der Waals surface area contributed by atoms with E-state index in [0.29, 0.717) is 41.6 Å². The number of likely N-dealkylation sites (tertiary alicyclic amines) is 1. The minimum absolute atomic E-state index is 0.0345. The van der Waals surface area contributed by atoms with Crippen LogP contribution in [0.2, 0.25) is 0 Å². The third-order valence-electron chi connectivity index (χ3n) is 8.11. The van der Waals surface area contributed by atoms with Gasteiger partial charge in [-0.1, -0.05) is 31.4 Å². The number of amides is 3. The molecule has 0 bridgehead atoms. The van der Waals surface area contributed by atoms with Crippen molar-refractivity contribution < 1.29 is 23.9 Å². The SMILES string of the molecule is O=C(C1CCN(c2cccc3c2C(=O)N(Cc2ccc4c(c2)OCO4)C3=O)CC1)N1CCCCCCC1. The van der Waals surface area contributed by atoms with Gasteiger partial charge in [0.15, 0.2) is 11.5 Å². The molecule has 194 valence electrons. The van der Waals surface area contributed by atoms with E-state index in [0.717, 1.165) is 50.0 Å². The smallest absolute Gasteiger partial charge is 0.263 e. The van der Waals surface area contributed by atoms with Crippen LogP contribution in [0, 0.1) is 5.92 Å². The topological polar surface area (TPSA) is 79.4 Å². The van der Waals surface area contributed by atoms with Gasteiger partial charge < -0.3 is 19.3 Å². The highest BCUT2D eigenvalue weighted by Gasteiger charge is 2.39. The minimum Gasteiger partial charge on any atom is -0.454 e. The molecule has 3 amide bonds. The Balaban J connectivity index is 1.15. The second kappa shape index (κ2) is 10.1. The number of fused-ring (bicyclic) bond motifs is 2. The molecule has 0 aliphatic carbocycles.